The monoisotopic (exact) mass is 380 g/mol. The highest BCUT2D eigenvalue weighted by Crippen LogP contribution is 2.52. The summed E-state index contributed by atoms with van der Waals surface area (Å²) in [4.78, 5) is 0. The number of nitrogens with zero attached hydrogens (tertiary/aromatic N) is 2. The molecule has 1 fully saturated rings. The zero-order chi connectivity index (χ0) is 18.4. The maximum atomic E-state index is 6.67. The van der Waals surface area contributed by atoms with Crippen LogP contribution < -0.4 is 4.74 Å². The van der Waals surface area contributed by atoms with Crippen LogP contribution in [-0.4, -0.2) is 16.4 Å². The lowest BCUT2D eigenvalue weighted by atomic mass is 9.80. The minimum absolute atomic E-state index is 0.209. The van der Waals surface area contributed by atoms with Gasteiger partial charge in [0.1, 0.15) is 5.75 Å². The molecule has 0 N–H and O–H groups in total. The second kappa shape index (κ2) is 6.56. The summed E-state index contributed by atoms with van der Waals surface area (Å²) in [5, 5.41) is 8.16. The highest BCUT2D eigenvalue weighted by Gasteiger charge is 2.51. The third-order valence-corrected chi connectivity index (χ3v) is 6.76. The van der Waals surface area contributed by atoms with Crippen LogP contribution in [0.1, 0.15) is 62.6 Å². The molecule has 0 aromatic heterocycles. The molecule has 2 aromatic rings. The fourth-order valence-corrected chi connectivity index (χ4v) is 5.11. The van der Waals surface area contributed by atoms with Crippen LogP contribution in [0, 0.1) is 5.92 Å². The van der Waals surface area contributed by atoms with E-state index in [2.05, 4.69) is 48.3 Å². The van der Waals surface area contributed by atoms with E-state index in [1.54, 1.807) is 0 Å². The number of hydrazone groups is 1. The van der Waals surface area contributed by atoms with Gasteiger partial charge in [-0.1, -0.05) is 55.3 Å². The van der Waals surface area contributed by atoms with E-state index < -0.39 is 0 Å². The number of ether oxygens (including phenoxy) is 1. The van der Waals surface area contributed by atoms with E-state index >= 15 is 0 Å². The molecular formula is C23H25ClN2O. The van der Waals surface area contributed by atoms with Crippen molar-refractivity contribution >= 4 is 17.3 Å². The van der Waals surface area contributed by atoms with Gasteiger partial charge in [0.2, 0.25) is 0 Å². The highest BCUT2D eigenvalue weighted by molar-refractivity contribution is 6.30. The lowest BCUT2D eigenvalue weighted by molar-refractivity contribution is -0.146. The van der Waals surface area contributed by atoms with Gasteiger partial charge < -0.3 is 4.74 Å². The number of rotatable bonds is 2. The highest BCUT2D eigenvalue weighted by atomic mass is 35.5. The first-order valence-electron chi connectivity index (χ1n) is 10.1. The Morgan fingerprint density at radius 1 is 1.15 bits per heavy atom. The second-order valence-corrected chi connectivity index (χ2v) is 8.50. The minimum atomic E-state index is -0.312. The molecule has 2 heterocycles. The quantitative estimate of drug-likeness (QED) is 0.621. The number of hydrogen-bond donors (Lipinski definition) is 0. The largest absolute Gasteiger partial charge is 0.466 e. The maximum absolute atomic E-state index is 6.67. The molecule has 5 rings (SSSR count). The summed E-state index contributed by atoms with van der Waals surface area (Å²) in [7, 11) is 0. The van der Waals surface area contributed by atoms with Crippen LogP contribution in [0.4, 0.5) is 0 Å². The first-order chi connectivity index (χ1) is 13.2. The number of halogens is 1. The van der Waals surface area contributed by atoms with Crippen molar-refractivity contribution in [3.05, 3.63) is 64.7 Å². The molecule has 0 radical (unpaired) electrons. The first-order valence-corrected chi connectivity index (χ1v) is 10.5. The van der Waals surface area contributed by atoms with E-state index in [9.17, 15) is 0 Å². The van der Waals surface area contributed by atoms with Gasteiger partial charge >= 0.3 is 0 Å². The van der Waals surface area contributed by atoms with Crippen molar-refractivity contribution in [2.45, 2.75) is 57.2 Å². The smallest absolute Gasteiger partial charge is 0.198 e. The molecule has 0 saturated heterocycles. The van der Waals surface area contributed by atoms with Crippen molar-refractivity contribution in [3.8, 4) is 5.75 Å². The van der Waals surface area contributed by atoms with Gasteiger partial charge in [0.05, 0.1) is 11.8 Å². The van der Waals surface area contributed by atoms with Crippen molar-refractivity contribution in [2.24, 2.45) is 11.0 Å². The molecule has 1 saturated carbocycles. The first kappa shape index (κ1) is 17.1. The summed E-state index contributed by atoms with van der Waals surface area (Å²) in [6, 6.07) is 16.8. The predicted molar refractivity (Wildman–Crippen MR) is 109 cm³/mol. The Kier molecular flexibility index (Phi) is 4.16. The standard InChI is InChI=1S/C23H25ClN2O/c1-2-16-10-12-23(13-11-16)26-21(19-14-18(24)8-9-22(19)27-23)15-20(25-26)17-6-4-3-5-7-17/h3-9,14,16,21H,2,10-13,15H2,1H3/t16?,21-,23?/m0/s1. The van der Waals surface area contributed by atoms with Crippen LogP contribution in [0.3, 0.4) is 0 Å². The fraction of sp³-hybridized carbons (Fsp3) is 0.435. The third-order valence-electron chi connectivity index (χ3n) is 6.53. The van der Waals surface area contributed by atoms with E-state index in [1.807, 2.05) is 12.1 Å². The Labute approximate surface area is 166 Å². The topological polar surface area (TPSA) is 24.8 Å². The molecular weight excluding hydrogens is 356 g/mol. The zero-order valence-electron chi connectivity index (χ0n) is 15.7. The van der Waals surface area contributed by atoms with Gasteiger partial charge in [-0.05, 0) is 42.5 Å². The van der Waals surface area contributed by atoms with Gasteiger partial charge in [-0.3, -0.25) is 0 Å². The Hall–Kier alpha value is -2.00. The van der Waals surface area contributed by atoms with Crippen molar-refractivity contribution in [3.63, 3.8) is 0 Å². The Morgan fingerprint density at radius 2 is 1.93 bits per heavy atom. The molecule has 4 heteroatoms. The van der Waals surface area contributed by atoms with Gasteiger partial charge in [-0.15, -0.1) is 0 Å². The van der Waals surface area contributed by atoms with Crippen LogP contribution in [0.15, 0.2) is 53.6 Å². The molecule has 3 aliphatic rings. The van der Waals surface area contributed by atoms with Crippen LogP contribution in [0.5, 0.6) is 5.75 Å². The summed E-state index contributed by atoms with van der Waals surface area (Å²) in [5.41, 5.74) is 3.20. The molecule has 1 spiro atoms. The molecule has 1 aliphatic carbocycles. The van der Waals surface area contributed by atoms with Crippen molar-refractivity contribution < 1.29 is 4.74 Å². The van der Waals surface area contributed by atoms with Gasteiger partial charge in [-0.25, -0.2) is 5.01 Å². The lowest BCUT2D eigenvalue weighted by Gasteiger charge is -2.50. The van der Waals surface area contributed by atoms with Crippen LogP contribution in [0.25, 0.3) is 0 Å². The molecule has 0 unspecified atom stereocenters. The summed E-state index contributed by atoms with van der Waals surface area (Å²) < 4.78 is 6.67. The zero-order valence-corrected chi connectivity index (χ0v) is 16.5. The molecule has 2 aromatic carbocycles. The van der Waals surface area contributed by atoms with E-state index in [4.69, 9.17) is 21.4 Å². The number of hydrogen-bond acceptors (Lipinski definition) is 3. The van der Waals surface area contributed by atoms with Crippen molar-refractivity contribution in [1.82, 2.24) is 5.01 Å². The van der Waals surface area contributed by atoms with Gasteiger partial charge in [0, 0.05) is 29.8 Å². The molecule has 0 bridgehead atoms. The Balaban J connectivity index is 1.57. The maximum Gasteiger partial charge on any atom is 0.198 e. The molecule has 2 aliphatic heterocycles. The predicted octanol–water partition coefficient (Wildman–Crippen LogP) is 6.18. The average molecular weight is 381 g/mol. The minimum Gasteiger partial charge on any atom is -0.466 e. The Morgan fingerprint density at radius 3 is 2.67 bits per heavy atom. The summed E-state index contributed by atoms with van der Waals surface area (Å²) in [5.74, 6) is 1.80. The Bertz CT molecular complexity index is 871. The van der Waals surface area contributed by atoms with Crippen molar-refractivity contribution in [2.75, 3.05) is 0 Å². The van der Waals surface area contributed by atoms with E-state index in [0.717, 1.165) is 41.7 Å². The van der Waals surface area contributed by atoms with Crippen LogP contribution >= 0.6 is 11.6 Å². The average Bonchev–Trinajstić information content (AvgIpc) is 3.17. The number of benzene rings is 2. The normalized spacial score (nSPS) is 29.1. The van der Waals surface area contributed by atoms with E-state index in [0.29, 0.717) is 0 Å². The van der Waals surface area contributed by atoms with Crippen molar-refractivity contribution in [1.29, 1.82) is 0 Å². The fourth-order valence-electron chi connectivity index (χ4n) is 4.93. The summed E-state index contributed by atoms with van der Waals surface area (Å²) in [6.45, 7) is 2.30. The second-order valence-electron chi connectivity index (χ2n) is 8.06. The summed E-state index contributed by atoms with van der Waals surface area (Å²) >= 11 is 6.32. The molecule has 3 nitrogen and oxygen atoms in total. The molecule has 27 heavy (non-hydrogen) atoms. The lowest BCUT2D eigenvalue weighted by Crippen LogP contribution is -2.55. The third kappa shape index (κ3) is 2.84. The van der Waals surface area contributed by atoms with Gasteiger partial charge in [-0.2, -0.15) is 5.10 Å². The van der Waals surface area contributed by atoms with Crippen LogP contribution in [0.2, 0.25) is 5.02 Å². The SMILES string of the molecule is CCC1CCC2(CC1)Oc1ccc(Cl)cc1[C@@H]1CC(c3ccccc3)=NN12. The van der Waals surface area contributed by atoms with Crippen LogP contribution in [-0.2, 0) is 0 Å². The molecule has 0 amide bonds. The number of fused-ring (bicyclic) bond motifs is 4. The van der Waals surface area contributed by atoms with Gasteiger partial charge in [0.25, 0.3) is 0 Å². The van der Waals surface area contributed by atoms with Gasteiger partial charge in [0.15, 0.2) is 5.72 Å². The summed E-state index contributed by atoms with van der Waals surface area (Å²) in [6.07, 6.45) is 6.65. The molecule has 1 atom stereocenters. The van der Waals surface area contributed by atoms with E-state index in [-0.39, 0.29) is 11.8 Å². The van der Waals surface area contributed by atoms with E-state index in [1.165, 1.54) is 30.4 Å². The molecule has 140 valence electrons.